The number of Topliss-reactive ketones (excluding diaryl/α,β-unsaturated/α-hetero) is 1. The number of ketones is 1. The van der Waals surface area contributed by atoms with Crippen LogP contribution in [0.25, 0.3) is 0 Å². The predicted molar refractivity (Wildman–Crippen MR) is 83.0 cm³/mol. The van der Waals surface area contributed by atoms with Gasteiger partial charge in [0, 0.05) is 10.9 Å². The first-order chi connectivity index (χ1) is 9.17. The van der Waals surface area contributed by atoms with Gasteiger partial charge in [-0.3, -0.25) is 5.32 Å². The monoisotopic (exact) mass is 341 g/mol. The third-order valence-corrected chi connectivity index (χ3v) is 3.12. The maximum absolute atomic E-state index is 11.7. The fourth-order valence-corrected chi connectivity index (χ4v) is 1.90. The third kappa shape index (κ3) is 6.19. The van der Waals surface area contributed by atoms with E-state index in [1.807, 2.05) is 39.0 Å². The van der Waals surface area contributed by atoms with Crippen molar-refractivity contribution in [1.29, 1.82) is 0 Å². The largest absolute Gasteiger partial charge is 0.444 e. The molecule has 0 aromatic heterocycles. The van der Waals surface area contributed by atoms with Gasteiger partial charge in [0.1, 0.15) is 11.4 Å². The molecule has 0 radical (unpaired) electrons. The Morgan fingerprint density at radius 2 is 1.95 bits per heavy atom. The van der Waals surface area contributed by atoms with E-state index in [0.717, 1.165) is 10.0 Å². The molecule has 0 aliphatic heterocycles. The van der Waals surface area contributed by atoms with Crippen LogP contribution in [0.4, 0.5) is 10.5 Å². The van der Waals surface area contributed by atoms with Crippen LogP contribution >= 0.6 is 15.9 Å². The second kappa shape index (κ2) is 6.88. The number of benzene rings is 1. The van der Waals surface area contributed by atoms with Crippen LogP contribution in [0.1, 0.15) is 39.7 Å². The van der Waals surface area contributed by atoms with Gasteiger partial charge in [0.15, 0.2) is 0 Å². The minimum atomic E-state index is -0.539. The van der Waals surface area contributed by atoms with Crippen molar-refractivity contribution in [1.82, 2.24) is 0 Å². The molecule has 0 fully saturated rings. The molecule has 0 unspecified atom stereocenters. The van der Waals surface area contributed by atoms with Crippen molar-refractivity contribution in [2.45, 2.75) is 46.1 Å². The van der Waals surface area contributed by atoms with E-state index >= 15 is 0 Å². The average molecular weight is 342 g/mol. The van der Waals surface area contributed by atoms with E-state index in [1.165, 1.54) is 0 Å². The molecule has 0 spiro atoms. The molecule has 0 atom stereocenters. The van der Waals surface area contributed by atoms with E-state index in [1.54, 1.807) is 6.92 Å². The lowest BCUT2D eigenvalue weighted by Gasteiger charge is -2.20. The molecule has 1 rings (SSSR count). The smallest absolute Gasteiger partial charge is 0.412 e. The van der Waals surface area contributed by atoms with Gasteiger partial charge in [0.2, 0.25) is 0 Å². The van der Waals surface area contributed by atoms with E-state index in [2.05, 4.69) is 21.2 Å². The number of anilines is 1. The Balaban J connectivity index is 2.76. The normalized spacial score (nSPS) is 11.1. The van der Waals surface area contributed by atoms with Gasteiger partial charge in [-0.1, -0.05) is 6.07 Å². The fourth-order valence-electron chi connectivity index (χ4n) is 1.56. The average Bonchev–Trinajstić information content (AvgIpc) is 2.27. The molecule has 0 aliphatic rings. The van der Waals surface area contributed by atoms with Crippen LogP contribution < -0.4 is 5.32 Å². The first-order valence-electron chi connectivity index (χ1n) is 6.45. The molecule has 0 bridgehead atoms. The molecule has 5 heteroatoms. The second-order valence-electron chi connectivity index (χ2n) is 5.64. The molecule has 0 saturated heterocycles. The minimum absolute atomic E-state index is 0.148. The standard InChI is InChI=1S/C15H20BrNO3/c1-10(18)5-6-11-7-8-12(16)13(9-11)17-14(19)20-15(2,3)4/h7-9H,5-6H2,1-4H3,(H,17,19). The molecular weight excluding hydrogens is 322 g/mol. The number of halogens is 1. The maximum Gasteiger partial charge on any atom is 0.412 e. The Morgan fingerprint density at radius 3 is 2.50 bits per heavy atom. The molecule has 1 aromatic carbocycles. The van der Waals surface area contributed by atoms with Crippen LogP contribution in [0.15, 0.2) is 22.7 Å². The molecule has 0 saturated carbocycles. The molecule has 4 nitrogen and oxygen atoms in total. The number of carbonyl (C=O) groups excluding carboxylic acids is 2. The van der Waals surface area contributed by atoms with E-state index < -0.39 is 11.7 Å². The summed E-state index contributed by atoms with van der Waals surface area (Å²) in [5, 5.41) is 2.70. The summed E-state index contributed by atoms with van der Waals surface area (Å²) in [4.78, 5) is 22.8. The van der Waals surface area contributed by atoms with Gasteiger partial charge in [-0.05, 0) is 67.7 Å². The zero-order valence-corrected chi connectivity index (χ0v) is 13.8. The van der Waals surface area contributed by atoms with Crippen LogP contribution in [-0.4, -0.2) is 17.5 Å². The summed E-state index contributed by atoms with van der Waals surface area (Å²) in [6.45, 7) is 7.00. The van der Waals surface area contributed by atoms with Crippen molar-refractivity contribution < 1.29 is 14.3 Å². The van der Waals surface area contributed by atoms with Gasteiger partial charge in [0.25, 0.3) is 0 Å². The number of hydrogen-bond acceptors (Lipinski definition) is 3. The number of carbonyl (C=O) groups is 2. The van der Waals surface area contributed by atoms with E-state index in [-0.39, 0.29) is 5.78 Å². The highest BCUT2D eigenvalue weighted by molar-refractivity contribution is 9.10. The Hall–Kier alpha value is -1.36. The molecule has 1 amide bonds. The predicted octanol–water partition coefficient (Wildman–Crippen LogP) is 4.32. The molecule has 0 aliphatic carbocycles. The lowest BCUT2D eigenvalue weighted by Crippen LogP contribution is -2.27. The summed E-state index contributed by atoms with van der Waals surface area (Å²) in [7, 11) is 0. The highest BCUT2D eigenvalue weighted by atomic mass is 79.9. The van der Waals surface area contributed by atoms with Crippen LogP contribution in [0.3, 0.4) is 0 Å². The second-order valence-corrected chi connectivity index (χ2v) is 6.50. The molecule has 0 heterocycles. The summed E-state index contributed by atoms with van der Waals surface area (Å²) >= 11 is 3.38. The summed E-state index contributed by atoms with van der Waals surface area (Å²) in [5.74, 6) is 0.148. The first-order valence-corrected chi connectivity index (χ1v) is 7.24. The van der Waals surface area contributed by atoms with E-state index in [0.29, 0.717) is 18.5 Å². The first kappa shape index (κ1) is 16.7. The summed E-state index contributed by atoms with van der Waals surface area (Å²) in [6, 6.07) is 5.62. The SMILES string of the molecule is CC(=O)CCc1ccc(Br)c(NC(=O)OC(C)(C)C)c1. The number of ether oxygens (including phenoxy) is 1. The number of amides is 1. The molecule has 1 aromatic rings. The fraction of sp³-hybridized carbons (Fsp3) is 0.467. The Morgan fingerprint density at radius 1 is 1.30 bits per heavy atom. The van der Waals surface area contributed by atoms with E-state index in [4.69, 9.17) is 4.74 Å². The number of rotatable bonds is 4. The van der Waals surface area contributed by atoms with Crippen molar-refractivity contribution >= 4 is 33.5 Å². The number of nitrogens with one attached hydrogen (secondary N) is 1. The minimum Gasteiger partial charge on any atom is -0.444 e. The zero-order valence-electron chi connectivity index (χ0n) is 12.2. The Kier molecular flexibility index (Phi) is 5.74. The van der Waals surface area contributed by atoms with Crippen molar-refractivity contribution in [2.24, 2.45) is 0 Å². The highest BCUT2D eigenvalue weighted by Crippen LogP contribution is 2.25. The van der Waals surface area contributed by atoms with Gasteiger partial charge >= 0.3 is 6.09 Å². The van der Waals surface area contributed by atoms with Gasteiger partial charge in [-0.2, -0.15) is 0 Å². The van der Waals surface area contributed by atoms with E-state index in [9.17, 15) is 9.59 Å². The van der Waals surface area contributed by atoms with Crippen molar-refractivity contribution in [3.05, 3.63) is 28.2 Å². The van der Waals surface area contributed by atoms with Gasteiger partial charge in [-0.15, -0.1) is 0 Å². The van der Waals surface area contributed by atoms with Gasteiger partial charge in [-0.25, -0.2) is 4.79 Å². The Bertz CT molecular complexity index is 506. The zero-order chi connectivity index (χ0) is 15.3. The third-order valence-electron chi connectivity index (χ3n) is 2.43. The van der Waals surface area contributed by atoms with Gasteiger partial charge < -0.3 is 9.53 Å². The quantitative estimate of drug-likeness (QED) is 0.887. The van der Waals surface area contributed by atoms with Crippen LogP contribution in [0.5, 0.6) is 0 Å². The summed E-state index contributed by atoms with van der Waals surface area (Å²) < 4.78 is 5.98. The van der Waals surface area contributed by atoms with Gasteiger partial charge in [0.05, 0.1) is 5.69 Å². The summed E-state index contributed by atoms with van der Waals surface area (Å²) in [5.41, 5.74) is 1.10. The van der Waals surface area contributed by atoms with Crippen molar-refractivity contribution in [3.63, 3.8) is 0 Å². The molecule has 110 valence electrons. The topological polar surface area (TPSA) is 55.4 Å². The van der Waals surface area contributed by atoms with Crippen molar-refractivity contribution in [3.8, 4) is 0 Å². The highest BCUT2D eigenvalue weighted by Gasteiger charge is 2.17. The summed E-state index contributed by atoms with van der Waals surface area (Å²) in [6.07, 6.45) is 0.654. The molecule has 1 N–H and O–H groups in total. The number of aryl methyl sites for hydroxylation is 1. The van der Waals surface area contributed by atoms with Crippen molar-refractivity contribution in [2.75, 3.05) is 5.32 Å². The maximum atomic E-state index is 11.7. The lowest BCUT2D eigenvalue weighted by atomic mass is 10.1. The van der Waals surface area contributed by atoms with Crippen LogP contribution in [0.2, 0.25) is 0 Å². The molecular formula is C15H20BrNO3. The van der Waals surface area contributed by atoms with Crippen LogP contribution in [-0.2, 0) is 16.0 Å². The lowest BCUT2D eigenvalue weighted by molar-refractivity contribution is -0.116. The molecule has 20 heavy (non-hydrogen) atoms. The number of hydrogen-bond donors (Lipinski definition) is 1. The van der Waals surface area contributed by atoms with Crippen LogP contribution in [0, 0.1) is 0 Å². The Labute approximate surface area is 128 Å².